The molecule has 1 atom stereocenters. The molecule has 9 heteroatoms. The summed E-state index contributed by atoms with van der Waals surface area (Å²) in [6.07, 6.45) is 1.76. The Morgan fingerprint density at radius 3 is 2.53 bits per heavy atom. The number of amides is 3. The fraction of sp³-hybridized carbons (Fsp3) is 0.609. The molecule has 0 spiro atoms. The summed E-state index contributed by atoms with van der Waals surface area (Å²) < 4.78 is 16.5. The first-order valence-corrected chi connectivity index (χ1v) is 11.2. The molecule has 2 heterocycles. The van der Waals surface area contributed by atoms with Crippen LogP contribution in [0.1, 0.15) is 50.4 Å². The normalized spacial score (nSPS) is 18.3. The Morgan fingerprint density at radius 1 is 1.06 bits per heavy atom. The van der Waals surface area contributed by atoms with E-state index in [9.17, 15) is 14.4 Å². The van der Waals surface area contributed by atoms with E-state index in [-0.39, 0.29) is 24.3 Å². The summed E-state index contributed by atoms with van der Waals surface area (Å²) in [6.45, 7) is 8.05. The fourth-order valence-electron chi connectivity index (χ4n) is 3.66. The average Bonchev–Trinajstić information content (AvgIpc) is 3.00. The second kappa shape index (κ2) is 10.6. The molecule has 1 unspecified atom stereocenters. The molecule has 32 heavy (non-hydrogen) atoms. The standard InChI is InChI=1S/C23H33N3O6/c1-23(2,3)32-22(29)25-10-9-24-20(27)17-6-4-11-26(15-17)21(28)16-7-8-18-19(14-16)31-13-5-12-30-18/h7-8,14,17H,4-6,9-13,15H2,1-3H3,(H,24,27)(H,25,29). The molecule has 1 aromatic rings. The SMILES string of the molecule is CC(C)(C)OC(=O)NCCNC(=O)C1CCCN(C(=O)c2ccc3c(c2)OCCCO3)C1. The van der Waals surface area contributed by atoms with Gasteiger partial charge in [0, 0.05) is 38.2 Å². The third-order valence-electron chi connectivity index (χ3n) is 5.17. The van der Waals surface area contributed by atoms with Crippen LogP contribution in [-0.2, 0) is 9.53 Å². The molecule has 2 aliphatic rings. The van der Waals surface area contributed by atoms with E-state index in [1.54, 1.807) is 43.9 Å². The summed E-state index contributed by atoms with van der Waals surface area (Å²) in [5, 5.41) is 5.45. The quantitative estimate of drug-likeness (QED) is 0.671. The molecule has 0 radical (unpaired) electrons. The molecule has 0 aromatic heterocycles. The van der Waals surface area contributed by atoms with Gasteiger partial charge in [-0.2, -0.15) is 0 Å². The number of hydrogen-bond acceptors (Lipinski definition) is 6. The third kappa shape index (κ3) is 6.77. The molecule has 1 saturated heterocycles. The monoisotopic (exact) mass is 447 g/mol. The van der Waals surface area contributed by atoms with Gasteiger partial charge in [0.1, 0.15) is 5.60 Å². The van der Waals surface area contributed by atoms with Gasteiger partial charge in [0.2, 0.25) is 5.91 Å². The lowest BCUT2D eigenvalue weighted by Gasteiger charge is -2.32. The highest BCUT2D eigenvalue weighted by Crippen LogP contribution is 2.31. The number of carbonyl (C=O) groups is 3. The van der Waals surface area contributed by atoms with Gasteiger partial charge in [0.05, 0.1) is 19.1 Å². The van der Waals surface area contributed by atoms with Gasteiger partial charge in [0.25, 0.3) is 5.91 Å². The van der Waals surface area contributed by atoms with E-state index in [4.69, 9.17) is 14.2 Å². The lowest BCUT2D eigenvalue weighted by Crippen LogP contribution is -2.46. The number of nitrogens with zero attached hydrogens (tertiary/aromatic N) is 1. The van der Waals surface area contributed by atoms with Crippen LogP contribution in [0, 0.1) is 5.92 Å². The molecule has 176 valence electrons. The topological polar surface area (TPSA) is 106 Å². The number of benzene rings is 1. The molecule has 1 aromatic carbocycles. The van der Waals surface area contributed by atoms with Crippen LogP contribution in [0.4, 0.5) is 4.79 Å². The zero-order valence-corrected chi connectivity index (χ0v) is 19.1. The van der Waals surface area contributed by atoms with Crippen molar-refractivity contribution in [3.63, 3.8) is 0 Å². The minimum atomic E-state index is -0.568. The van der Waals surface area contributed by atoms with Crippen LogP contribution in [0.3, 0.4) is 0 Å². The molecule has 3 amide bonds. The molecule has 2 N–H and O–H groups in total. The molecular weight excluding hydrogens is 414 g/mol. The smallest absolute Gasteiger partial charge is 0.407 e. The van der Waals surface area contributed by atoms with Gasteiger partial charge in [-0.15, -0.1) is 0 Å². The van der Waals surface area contributed by atoms with E-state index in [1.165, 1.54) is 0 Å². The van der Waals surface area contributed by atoms with Crippen molar-refractivity contribution in [1.82, 2.24) is 15.5 Å². The predicted octanol–water partition coefficient (Wildman–Crippen LogP) is 2.34. The minimum Gasteiger partial charge on any atom is -0.490 e. The molecule has 0 aliphatic carbocycles. The Hall–Kier alpha value is -2.97. The Bertz CT molecular complexity index is 836. The van der Waals surface area contributed by atoms with Gasteiger partial charge in [0.15, 0.2) is 11.5 Å². The number of ether oxygens (including phenoxy) is 3. The van der Waals surface area contributed by atoms with Crippen molar-refractivity contribution in [2.24, 2.45) is 5.92 Å². The lowest BCUT2D eigenvalue weighted by molar-refractivity contribution is -0.126. The zero-order chi connectivity index (χ0) is 23.1. The summed E-state index contributed by atoms with van der Waals surface area (Å²) in [5.74, 6) is 0.707. The zero-order valence-electron chi connectivity index (χ0n) is 19.1. The number of likely N-dealkylation sites (tertiary alicyclic amines) is 1. The summed E-state index contributed by atoms with van der Waals surface area (Å²) >= 11 is 0. The molecule has 2 aliphatic heterocycles. The van der Waals surface area contributed by atoms with Crippen LogP contribution in [0.15, 0.2) is 18.2 Å². The molecule has 1 fully saturated rings. The van der Waals surface area contributed by atoms with Crippen LogP contribution in [-0.4, -0.2) is 67.8 Å². The van der Waals surface area contributed by atoms with E-state index in [1.807, 2.05) is 0 Å². The Balaban J connectivity index is 1.48. The van der Waals surface area contributed by atoms with Crippen molar-refractivity contribution >= 4 is 17.9 Å². The maximum atomic E-state index is 13.0. The van der Waals surface area contributed by atoms with Gasteiger partial charge in [-0.3, -0.25) is 9.59 Å². The molecule has 3 rings (SSSR count). The van der Waals surface area contributed by atoms with Crippen molar-refractivity contribution in [3.8, 4) is 11.5 Å². The van der Waals surface area contributed by atoms with Crippen LogP contribution in [0.5, 0.6) is 11.5 Å². The van der Waals surface area contributed by atoms with Crippen LogP contribution >= 0.6 is 0 Å². The van der Waals surface area contributed by atoms with Crippen molar-refractivity contribution in [3.05, 3.63) is 23.8 Å². The highest BCUT2D eigenvalue weighted by Gasteiger charge is 2.29. The summed E-state index contributed by atoms with van der Waals surface area (Å²) in [4.78, 5) is 39.0. The molecule has 0 saturated carbocycles. The van der Waals surface area contributed by atoms with E-state index < -0.39 is 11.7 Å². The van der Waals surface area contributed by atoms with E-state index in [0.29, 0.717) is 49.9 Å². The molecular formula is C23H33N3O6. The lowest BCUT2D eigenvalue weighted by atomic mass is 9.96. The van der Waals surface area contributed by atoms with Gasteiger partial charge >= 0.3 is 6.09 Å². The Labute approximate surface area is 188 Å². The number of fused-ring (bicyclic) bond motifs is 1. The second-order valence-corrected chi connectivity index (χ2v) is 9.02. The Morgan fingerprint density at radius 2 is 1.78 bits per heavy atom. The largest absolute Gasteiger partial charge is 0.490 e. The predicted molar refractivity (Wildman–Crippen MR) is 118 cm³/mol. The first-order valence-electron chi connectivity index (χ1n) is 11.2. The number of carbonyl (C=O) groups excluding carboxylic acids is 3. The maximum absolute atomic E-state index is 13.0. The Kier molecular flexibility index (Phi) is 7.82. The van der Waals surface area contributed by atoms with E-state index >= 15 is 0 Å². The van der Waals surface area contributed by atoms with Crippen molar-refractivity contribution in [2.75, 3.05) is 39.4 Å². The number of nitrogens with one attached hydrogen (secondary N) is 2. The van der Waals surface area contributed by atoms with Gasteiger partial charge < -0.3 is 29.7 Å². The van der Waals surface area contributed by atoms with Crippen molar-refractivity contribution in [1.29, 1.82) is 0 Å². The van der Waals surface area contributed by atoms with Gasteiger partial charge in [-0.1, -0.05) is 0 Å². The van der Waals surface area contributed by atoms with Crippen LogP contribution in [0.2, 0.25) is 0 Å². The van der Waals surface area contributed by atoms with Crippen molar-refractivity contribution in [2.45, 2.75) is 45.6 Å². The fourth-order valence-corrected chi connectivity index (χ4v) is 3.66. The minimum absolute atomic E-state index is 0.118. The van der Waals surface area contributed by atoms with Gasteiger partial charge in [-0.25, -0.2) is 4.79 Å². The highest BCUT2D eigenvalue weighted by molar-refractivity contribution is 5.95. The second-order valence-electron chi connectivity index (χ2n) is 9.02. The number of piperidine rings is 1. The summed E-state index contributed by atoms with van der Waals surface area (Å²) in [5.41, 5.74) is -0.0427. The van der Waals surface area contributed by atoms with Crippen LogP contribution < -0.4 is 20.1 Å². The summed E-state index contributed by atoms with van der Waals surface area (Å²) in [6, 6.07) is 5.22. The third-order valence-corrected chi connectivity index (χ3v) is 5.17. The average molecular weight is 448 g/mol. The van der Waals surface area contributed by atoms with E-state index in [2.05, 4.69) is 10.6 Å². The molecule has 9 nitrogen and oxygen atoms in total. The summed E-state index contributed by atoms with van der Waals surface area (Å²) in [7, 11) is 0. The van der Waals surface area contributed by atoms with Crippen molar-refractivity contribution < 1.29 is 28.6 Å². The maximum Gasteiger partial charge on any atom is 0.407 e. The molecule has 0 bridgehead atoms. The first-order chi connectivity index (χ1) is 15.2. The van der Waals surface area contributed by atoms with E-state index in [0.717, 1.165) is 19.3 Å². The van der Waals surface area contributed by atoms with Gasteiger partial charge in [-0.05, 0) is 51.8 Å². The van der Waals surface area contributed by atoms with Crippen LogP contribution in [0.25, 0.3) is 0 Å². The first kappa shape index (κ1) is 23.7. The number of alkyl carbamates (subject to hydrolysis) is 1. The number of rotatable bonds is 5. The number of hydrogen-bond donors (Lipinski definition) is 2. The highest BCUT2D eigenvalue weighted by atomic mass is 16.6.